The number of fused-ring (bicyclic) bond motifs is 1. The highest BCUT2D eigenvalue weighted by Crippen LogP contribution is 2.28. The molecule has 1 aliphatic rings. The van der Waals surface area contributed by atoms with Crippen molar-refractivity contribution >= 4 is 11.8 Å². The smallest absolute Gasteiger partial charge is 0.414 e. The predicted octanol–water partition coefficient (Wildman–Crippen LogP) is 1.48. The number of phenols is 1. The lowest BCUT2D eigenvalue weighted by atomic mass is 10.1. The largest absolute Gasteiger partial charge is 0.508 e. The van der Waals surface area contributed by atoms with E-state index in [0.29, 0.717) is 0 Å². The number of amides is 1. The first-order chi connectivity index (χ1) is 6.18. The molecular formula is C9H9NO3. The number of nitrogens with zero attached hydrogens (tertiary/aromatic N) is 1. The lowest BCUT2D eigenvalue weighted by Gasteiger charge is -2.25. The maximum absolute atomic E-state index is 11.1. The summed E-state index contributed by atoms with van der Waals surface area (Å²) in [5.74, 6) is 0.185. The van der Waals surface area contributed by atoms with Gasteiger partial charge in [-0.25, -0.2) is 4.79 Å². The van der Waals surface area contributed by atoms with Gasteiger partial charge in [-0.2, -0.15) is 0 Å². The molecule has 0 bridgehead atoms. The Hall–Kier alpha value is -1.71. The highest BCUT2D eigenvalue weighted by atomic mass is 16.6. The summed E-state index contributed by atoms with van der Waals surface area (Å²) in [7, 11) is 1.64. The molecule has 1 N–H and O–H groups in total. The van der Waals surface area contributed by atoms with Gasteiger partial charge in [0.2, 0.25) is 0 Å². The van der Waals surface area contributed by atoms with Crippen molar-refractivity contribution in [2.24, 2.45) is 0 Å². The van der Waals surface area contributed by atoms with Gasteiger partial charge >= 0.3 is 6.09 Å². The molecule has 1 amide bonds. The van der Waals surface area contributed by atoms with E-state index in [0.717, 1.165) is 11.3 Å². The molecule has 1 heterocycles. The molecule has 0 unspecified atom stereocenters. The molecule has 1 aromatic carbocycles. The molecule has 0 aliphatic carbocycles. The van der Waals surface area contributed by atoms with Crippen LogP contribution in [0.4, 0.5) is 10.5 Å². The van der Waals surface area contributed by atoms with Gasteiger partial charge in [0.15, 0.2) is 0 Å². The average molecular weight is 179 g/mol. The van der Waals surface area contributed by atoms with E-state index in [-0.39, 0.29) is 18.4 Å². The zero-order chi connectivity index (χ0) is 9.42. The maximum Gasteiger partial charge on any atom is 0.414 e. The number of carbonyl (C=O) groups excluding carboxylic acids is 1. The number of cyclic esters (lactones) is 1. The number of anilines is 1. The Morgan fingerprint density at radius 1 is 1.54 bits per heavy atom. The fourth-order valence-electron chi connectivity index (χ4n) is 1.35. The number of phenolic OH excluding ortho intramolecular Hbond substituents is 1. The molecule has 0 spiro atoms. The topological polar surface area (TPSA) is 49.8 Å². The molecule has 0 aromatic heterocycles. The van der Waals surface area contributed by atoms with Crippen LogP contribution in [0.2, 0.25) is 0 Å². The van der Waals surface area contributed by atoms with Crippen molar-refractivity contribution in [3.63, 3.8) is 0 Å². The fraction of sp³-hybridized carbons (Fsp3) is 0.222. The first-order valence-corrected chi connectivity index (χ1v) is 3.91. The van der Waals surface area contributed by atoms with Gasteiger partial charge in [-0.15, -0.1) is 0 Å². The summed E-state index contributed by atoms with van der Waals surface area (Å²) >= 11 is 0. The Bertz CT molecular complexity index is 362. The molecule has 0 saturated heterocycles. The molecule has 68 valence electrons. The van der Waals surface area contributed by atoms with Gasteiger partial charge in [-0.3, -0.25) is 4.90 Å². The second-order valence-corrected chi connectivity index (χ2v) is 2.93. The molecule has 1 aliphatic heterocycles. The quantitative estimate of drug-likeness (QED) is 0.656. The van der Waals surface area contributed by atoms with Gasteiger partial charge in [-0.05, 0) is 18.2 Å². The molecule has 0 atom stereocenters. The van der Waals surface area contributed by atoms with Gasteiger partial charge in [0.25, 0.3) is 0 Å². The van der Waals surface area contributed by atoms with Crippen LogP contribution in [0.3, 0.4) is 0 Å². The van der Waals surface area contributed by atoms with Crippen LogP contribution in [0.5, 0.6) is 5.75 Å². The Labute approximate surface area is 75.3 Å². The fourth-order valence-corrected chi connectivity index (χ4v) is 1.35. The summed E-state index contributed by atoms with van der Waals surface area (Å²) in [4.78, 5) is 12.5. The minimum atomic E-state index is -0.363. The maximum atomic E-state index is 11.1. The average Bonchev–Trinajstić information content (AvgIpc) is 2.12. The molecule has 4 heteroatoms. The van der Waals surface area contributed by atoms with Crippen molar-refractivity contribution in [2.45, 2.75) is 6.61 Å². The third kappa shape index (κ3) is 1.20. The van der Waals surface area contributed by atoms with Crippen LogP contribution in [0, 0.1) is 0 Å². The normalized spacial score (nSPS) is 15.2. The first-order valence-electron chi connectivity index (χ1n) is 3.91. The second-order valence-electron chi connectivity index (χ2n) is 2.93. The molecule has 0 fully saturated rings. The number of hydrogen-bond acceptors (Lipinski definition) is 3. The van der Waals surface area contributed by atoms with Crippen molar-refractivity contribution in [2.75, 3.05) is 11.9 Å². The van der Waals surface area contributed by atoms with Gasteiger partial charge in [-0.1, -0.05) is 0 Å². The molecule has 0 radical (unpaired) electrons. The van der Waals surface area contributed by atoms with Crippen LogP contribution in [-0.4, -0.2) is 18.2 Å². The number of benzene rings is 1. The van der Waals surface area contributed by atoms with Crippen LogP contribution in [-0.2, 0) is 11.3 Å². The number of hydrogen-bond donors (Lipinski definition) is 1. The summed E-state index contributed by atoms with van der Waals surface area (Å²) in [5.41, 5.74) is 1.61. The number of ether oxygens (including phenoxy) is 1. The highest BCUT2D eigenvalue weighted by Gasteiger charge is 2.21. The van der Waals surface area contributed by atoms with E-state index in [2.05, 4.69) is 0 Å². The number of aromatic hydroxyl groups is 1. The summed E-state index contributed by atoms with van der Waals surface area (Å²) in [6.07, 6.45) is -0.363. The van der Waals surface area contributed by atoms with Crippen molar-refractivity contribution in [1.82, 2.24) is 0 Å². The molecule has 13 heavy (non-hydrogen) atoms. The predicted molar refractivity (Wildman–Crippen MR) is 46.7 cm³/mol. The van der Waals surface area contributed by atoms with Crippen LogP contribution in [0.15, 0.2) is 18.2 Å². The van der Waals surface area contributed by atoms with E-state index in [9.17, 15) is 9.90 Å². The lowest BCUT2D eigenvalue weighted by Crippen LogP contribution is -2.31. The third-order valence-electron chi connectivity index (χ3n) is 2.05. The van der Waals surface area contributed by atoms with Crippen molar-refractivity contribution in [3.8, 4) is 5.75 Å². The summed E-state index contributed by atoms with van der Waals surface area (Å²) < 4.78 is 4.85. The summed E-state index contributed by atoms with van der Waals surface area (Å²) in [6.45, 7) is 0.229. The van der Waals surface area contributed by atoms with Crippen molar-refractivity contribution in [1.29, 1.82) is 0 Å². The van der Waals surface area contributed by atoms with Gasteiger partial charge in [0.05, 0.1) is 5.69 Å². The van der Waals surface area contributed by atoms with Gasteiger partial charge < -0.3 is 9.84 Å². The van der Waals surface area contributed by atoms with E-state index in [1.807, 2.05) is 0 Å². The molecule has 4 nitrogen and oxygen atoms in total. The summed E-state index contributed by atoms with van der Waals surface area (Å²) in [5, 5.41) is 9.18. The lowest BCUT2D eigenvalue weighted by molar-refractivity contribution is 0.143. The van der Waals surface area contributed by atoms with E-state index in [1.165, 1.54) is 4.90 Å². The van der Waals surface area contributed by atoms with E-state index in [1.54, 1.807) is 25.2 Å². The monoisotopic (exact) mass is 179 g/mol. The Balaban J connectivity index is 2.49. The Morgan fingerprint density at radius 2 is 2.31 bits per heavy atom. The van der Waals surface area contributed by atoms with Gasteiger partial charge in [0, 0.05) is 12.6 Å². The minimum Gasteiger partial charge on any atom is -0.508 e. The van der Waals surface area contributed by atoms with Crippen molar-refractivity contribution in [3.05, 3.63) is 23.8 Å². The van der Waals surface area contributed by atoms with E-state index in [4.69, 9.17) is 4.74 Å². The summed E-state index contributed by atoms with van der Waals surface area (Å²) in [6, 6.07) is 4.84. The third-order valence-corrected chi connectivity index (χ3v) is 2.05. The van der Waals surface area contributed by atoms with E-state index < -0.39 is 0 Å². The van der Waals surface area contributed by atoms with Crippen LogP contribution in [0.25, 0.3) is 0 Å². The zero-order valence-corrected chi connectivity index (χ0v) is 7.15. The van der Waals surface area contributed by atoms with Crippen molar-refractivity contribution < 1.29 is 14.6 Å². The first kappa shape index (κ1) is 7.91. The van der Waals surface area contributed by atoms with Gasteiger partial charge in [0.1, 0.15) is 12.4 Å². The van der Waals surface area contributed by atoms with Crippen LogP contribution < -0.4 is 4.90 Å². The second kappa shape index (κ2) is 2.65. The number of rotatable bonds is 0. The van der Waals surface area contributed by atoms with Crippen LogP contribution in [0.1, 0.15) is 5.56 Å². The Kier molecular flexibility index (Phi) is 1.62. The number of carbonyl (C=O) groups is 1. The standard InChI is InChI=1S/C9H9NO3/c1-10-8-3-2-7(11)4-6(8)5-13-9(10)12/h2-4,11H,5H2,1H3. The molecule has 2 rings (SSSR count). The minimum absolute atomic E-state index is 0.185. The molecule has 1 aromatic rings. The van der Waals surface area contributed by atoms with Crippen LogP contribution >= 0.6 is 0 Å². The Morgan fingerprint density at radius 3 is 3.08 bits per heavy atom. The molecular weight excluding hydrogens is 170 g/mol. The van der Waals surface area contributed by atoms with E-state index >= 15 is 0 Å². The SMILES string of the molecule is CN1C(=O)OCc2cc(O)ccc21. The zero-order valence-electron chi connectivity index (χ0n) is 7.15. The molecule has 0 saturated carbocycles. The highest BCUT2D eigenvalue weighted by molar-refractivity contribution is 5.89.